The number of nitrogens with zero attached hydrogens (tertiary/aromatic N) is 1. The van der Waals surface area contributed by atoms with Crippen molar-refractivity contribution >= 4 is 81.8 Å². The number of ether oxygens (including phenoxy) is 3. The molecule has 1 amide bonds. The number of rotatable bonds is 8. The highest BCUT2D eigenvalue weighted by Gasteiger charge is 2.15. The highest BCUT2D eigenvalue weighted by atomic mass is 79.9. The normalized spacial score (nSPS) is 10.7. The summed E-state index contributed by atoms with van der Waals surface area (Å²) in [6.07, 6.45) is 1.44. The molecule has 0 atom stereocenters. The van der Waals surface area contributed by atoms with E-state index < -0.39 is 11.9 Å². The summed E-state index contributed by atoms with van der Waals surface area (Å²) in [4.78, 5) is 24.5. The molecule has 0 aliphatic heterocycles. The third-order valence-electron chi connectivity index (χ3n) is 4.20. The van der Waals surface area contributed by atoms with Crippen LogP contribution < -0.4 is 19.6 Å². The van der Waals surface area contributed by atoms with Crippen molar-refractivity contribution in [3.8, 4) is 17.2 Å². The van der Waals surface area contributed by atoms with Crippen LogP contribution in [-0.2, 0) is 4.79 Å². The van der Waals surface area contributed by atoms with Gasteiger partial charge in [0.15, 0.2) is 18.1 Å². The van der Waals surface area contributed by atoms with Crippen molar-refractivity contribution in [3.05, 3.63) is 83.6 Å². The molecule has 0 saturated carbocycles. The SMILES string of the molecule is COc1cc(/C=N\NC(=O)COc2c(Br)cc(Br)cc2Br)ccc1OC(=O)c1ccccc1Br. The summed E-state index contributed by atoms with van der Waals surface area (Å²) in [5.41, 5.74) is 3.41. The van der Waals surface area contributed by atoms with Gasteiger partial charge in [0, 0.05) is 8.95 Å². The van der Waals surface area contributed by atoms with Crippen molar-refractivity contribution < 1.29 is 23.8 Å². The largest absolute Gasteiger partial charge is 0.493 e. The second-order valence-electron chi connectivity index (χ2n) is 6.56. The maximum atomic E-state index is 12.5. The number of halogens is 4. The monoisotopic (exact) mass is 716 g/mol. The summed E-state index contributed by atoms with van der Waals surface area (Å²) < 4.78 is 19.2. The lowest BCUT2D eigenvalue weighted by atomic mass is 10.2. The van der Waals surface area contributed by atoms with Crippen molar-refractivity contribution in [1.29, 1.82) is 0 Å². The van der Waals surface area contributed by atoms with Gasteiger partial charge in [-0.15, -0.1) is 0 Å². The van der Waals surface area contributed by atoms with Gasteiger partial charge in [0.25, 0.3) is 5.91 Å². The predicted molar refractivity (Wildman–Crippen MR) is 143 cm³/mol. The number of carbonyl (C=O) groups excluding carboxylic acids is 2. The summed E-state index contributed by atoms with van der Waals surface area (Å²) in [5, 5.41) is 3.93. The molecule has 3 rings (SSSR count). The van der Waals surface area contributed by atoms with Crippen LogP contribution in [0.4, 0.5) is 0 Å². The number of carbonyl (C=O) groups is 2. The highest BCUT2D eigenvalue weighted by molar-refractivity contribution is 9.11. The van der Waals surface area contributed by atoms with Crippen LogP contribution >= 0.6 is 63.7 Å². The van der Waals surface area contributed by atoms with Gasteiger partial charge in [0.05, 0.1) is 27.8 Å². The Labute approximate surface area is 229 Å². The first-order valence-electron chi connectivity index (χ1n) is 9.52. The third kappa shape index (κ3) is 7.14. The number of benzene rings is 3. The Kier molecular flexibility index (Phi) is 9.69. The molecule has 0 fully saturated rings. The number of hydrogen-bond acceptors (Lipinski definition) is 6. The van der Waals surface area contributed by atoms with Gasteiger partial charge in [0.1, 0.15) is 5.75 Å². The minimum atomic E-state index is -0.525. The number of esters is 1. The standard InChI is InChI=1S/C23H16Br4N2O5/c1-32-20-8-13(6-7-19(20)34-23(31)15-4-2-3-5-16(15)25)11-28-29-21(30)12-33-22-17(26)9-14(24)10-18(22)27/h2-11H,12H2,1H3,(H,29,30)/b28-11-. The predicted octanol–water partition coefficient (Wildman–Crippen LogP) is 6.49. The molecule has 0 spiro atoms. The lowest BCUT2D eigenvalue weighted by Gasteiger charge is -2.11. The molecule has 176 valence electrons. The van der Waals surface area contributed by atoms with Crippen LogP contribution in [0.25, 0.3) is 0 Å². The van der Waals surface area contributed by atoms with Crippen LogP contribution in [0, 0.1) is 0 Å². The van der Waals surface area contributed by atoms with Crippen molar-refractivity contribution in [2.75, 3.05) is 13.7 Å². The van der Waals surface area contributed by atoms with Crippen molar-refractivity contribution in [2.45, 2.75) is 0 Å². The van der Waals surface area contributed by atoms with Crippen molar-refractivity contribution in [3.63, 3.8) is 0 Å². The molecule has 3 aromatic rings. The molecule has 0 unspecified atom stereocenters. The Balaban J connectivity index is 1.59. The minimum absolute atomic E-state index is 0.233. The zero-order chi connectivity index (χ0) is 24.7. The number of hydrazone groups is 1. The molecular formula is C23H16Br4N2O5. The van der Waals surface area contributed by atoms with Crippen molar-refractivity contribution in [2.24, 2.45) is 5.10 Å². The van der Waals surface area contributed by atoms with Crippen molar-refractivity contribution in [1.82, 2.24) is 5.43 Å². The summed E-state index contributed by atoms with van der Waals surface area (Å²) in [6.45, 7) is -0.233. The number of hydrogen-bond donors (Lipinski definition) is 1. The third-order valence-corrected chi connectivity index (χ3v) is 6.53. The molecule has 7 nitrogen and oxygen atoms in total. The van der Waals surface area contributed by atoms with Gasteiger partial charge < -0.3 is 14.2 Å². The molecule has 0 bridgehead atoms. The molecule has 0 heterocycles. The Hall–Kier alpha value is -2.21. The van der Waals surface area contributed by atoms with E-state index in [0.29, 0.717) is 36.0 Å². The van der Waals surface area contributed by atoms with Gasteiger partial charge in [-0.1, -0.05) is 28.1 Å². The lowest BCUT2D eigenvalue weighted by Crippen LogP contribution is -2.24. The highest BCUT2D eigenvalue weighted by Crippen LogP contribution is 2.36. The average Bonchev–Trinajstić information content (AvgIpc) is 2.79. The number of amides is 1. The molecular weight excluding hydrogens is 704 g/mol. The Morgan fingerprint density at radius 1 is 0.941 bits per heavy atom. The van der Waals surface area contributed by atoms with Crippen LogP contribution in [0.2, 0.25) is 0 Å². The summed E-state index contributed by atoms with van der Waals surface area (Å²) in [5.74, 6) is 0.125. The fourth-order valence-corrected chi connectivity index (χ4v) is 5.58. The molecule has 0 aliphatic rings. The number of nitrogens with one attached hydrogen (secondary N) is 1. The first-order valence-corrected chi connectivity index (χ1v) is 12.7. The Bertz CT molecular complexity index is 1230. The second-order valence-corrected chi connectivity index (χ2v) is 10.0. The van der Waals surface area contributed by atoms with E-state index in [1.54, 1.807) is 42.5 Å². The van der Waals surface area contributed by atoms with E-state index in [4.69, 9.17) is 14.2 Å². The van der Waals surface area contributed by atoms with Gasteiger partial charge in [-0.05, 0) is 95.8 Å². The van der Waals surface area contributed by atoms with Crippen LogP contribution in [0.1, 0.15) is 15.9 Å². The molecule has 1 N–H and O–H groups in total. The summed E-state index contributed by atoms with van der Waals surface area (Å²) in [7, 11) is 1.46. The molecule has 0 aromatic heterocycles. The van der Waals surface area contributed by atoms with Gasteiger partial charge in [-0.2, -0.15) is 5.10 Å². The molecule has 0 aliphatic carbocycles. The van der Waals surface area contributed by atoms with E-state index in [-0.39, 0.29) is 12.4 Å². The lowest BCUT2D eigenvalue weighted by molar-refractivity contribution is -0.123. The fourth-order valence-electron chi connectivity index (χ4n) is 2.65. The van der Waals surface area contributed by atoms with Gasteiger partial charge >= 0.3 is 5.97 Å². The van der Waals surface area contributed by atoms with E-state index in [9.17, 15) is 9.59 Å². The molecule has 34 heavy (non-hydrogen) atoms. The molecule has 3 aromatic carbocycles. The van der Waals surface area contributed by atoms with Crippen LogP contribution in [0.5, 0.6) is 17.2 Å². The van der Waals surface area contributed by atoms with Crippen LogP contribution in [-0.4, -0.2) is 31.8 Å². The van der Waals surface area contributed by atoms with E-state index in [1.807, 2.05) is 12.1 Å². The second kappa shape index (κ2) is 12.5. The summed E-state index contributed by atoms with van der Waals surface area (Å²) >= 11 is 13.5. The minimum Gasteiger partial charge on any atom is -0.493 e. The average molecular weight is 720 g/mol. The van der Waals surface area contributed by atoms with Crippen LogP contribution in [0.3, 0.4) is 0 Å². The van der Waals surface area contributed by atoms with E-state index in [2.05, 4.69) is 74.2 Å². The first-order chi connectivity index (χ1) is 16.3. The zero-order valence-electron chi connectivity index (χ0n) is 17.5. The Morgan fingerprint density at radius 3 is 2.32 bits per heavy atom. The summed E-state index contributed by atoms with van der Waals surface area (Å²) in [6, 6.07) is 15.5. The fraction of sp³-hybridized carbons (Fsp3) is 0.0870. The molecule has 0 radical (unpaired) electrons. The van der Waals surface area contributed by atoms with Gasteiger partial charge in [-0.25, -0.2) is 10.2 Å². The van der Waals surface area contributed by atoms with E-state index in [1.165, 1.54) is 13.3 Å². The maximum Gasteiger partial charge on any atom is 0.344 e. The zero-order valence-corrected chi connectivity index (χ0v) is 23.8. The molecule has 11 heteroatoms. The quantitative estimate of drug-likeness (QED) is 0.125. The van der Waals surface area contributed by atoms with Gasteiger partial charge in [0.2, 0.25) is 0 Å². The van der Waals surface area contributed by atoms with E-state index in [0.717, 1.165) is 4.47 Å². The first kappa shape index (κ1) is 26.4. The smallest absolute Gasteiger partial charge is 0.344 e. The van der Waals surface area contributed by atoms with Crippen LogP contribution in [0.15, 0.2) is 77.6 Å². The van der Waals surface area contributed by atoms with Gasteiger partial charge in [-0.3, -0.25) is 4.79 Å². The van der Waals surface area contributed by atoms with E-state index >= 15 is 0 Å². The maximum absolute atomic E-state index is 12.5. The Morgan fingerprint density at radius 2 is 1.65 bits per heavy atom. The molecule has 0 saturated heterocycles. The topological polar surface area (TPSA) is 86.2 Å². The number of methoxy groups -OCH3 is 1.